The lowest BCUT2D eigenvalue weighted by Crippen LogP contribution is -2.05. The zero-order chi connectivity index (χ0) is 8.10. The minimum absolute atomic E-state index is 0.270. The fraction of sp³-hybridized carbons (Fsp3) is 0.500. The summed E-state index contributed by atoms with van der Waals surface area (Å²) < 4.78 is 0. The molecule has 0 amide bonds. The van der Waals surface area contributed by atoms with Crippen molar-refractivity contribution in [2.75, 3.05) is 0 Å². The summed E-state index contributed by atoms with van der Waals surface area (Å²) in [6.07, 6.45) is 10.3. The number of aldehydes is 1. The van der Waals surface area contributed by atoms with E-state index in [1.807, 2.05) is 6.08 Å². The van der Waals surface area contributed by atoms with Gasteiger partial charge in [0.25, 0.3) is 0 Å². The quantitative estimate of drug-likeness (QED) is 0.446. The Labute approximate surface area is 67.8 Å². The molecule has 60 valence electrons. The number of carbonyl (C=O) groups excluding carboxylic acids is 1. The van der Waals surface area contributed by atoms with E-state index in [9.17, 15) is 4.79 Å². The number of hydrogen-bond acceptors (Lipinski definition) is 1. The van der Waals surface area contributed by atoms with Gasteiger partial charge in [-0.3, -0.25) is 0 Å². The molecule has 11 heavy (non-hydrogen) atoms. The first-order valence-corrected chi connectivity index (χ1v) is 4.13. The molecule has 0 aromatic carbocycles. The van der Waals surface area contributed by atoms with Crippen molar-refractivity contribution >= 4 is 6.29 Å². The second-order valence-corrected chi connectivity index (χ2v) is 3.02. The van der Waals surface area contributed by atoms with Crippen LogP contribution in [0.15, 0.2) is 24.8 Å². The highest BCUT2D eigenvalue weighted by Crippen LogP contribution is 2.30. The molecule has 0 N–H and O–H groups in total. The van der Waals surface area contributed by atoms with Gasteiger partial charge in [-0.05, 0) is 18.8 Å². The van der Waals surface area contributed by atoms with Crippen molar-refractivity contribution in [3.05, 3.63) is 24.8 Å². The van der Waals surface area contributed by atoms with Crippen molar-refractivity contribution in [1.82, 2.24) is 0 Å². The first-order valence-electron chi connectivity index (χ1n) is 4.13. The predicted octanol–water partition coefficient (Wildman–Crippen LogP) is 2.34. The molecular weight excluding hydrogens is 136 g/mol. The van der Waals surface area contributed by atoms with Gasteiger partial charge in [0, 0.05) is 5.92 Å². The molecule has 0 bridgehead atoms. The molecule has 0 saturated heterocycles. The molecule has 1 aliphatic rings. The van der Waals surface area contributed by atoms with Gasteiger partial charge in [-0.2, -0.15) is 0 Å². The van der Waals surface area contributed by atoms with Crippen LogP contribution in [0, 0.1) is 11.8 Å². The number of carbonyl (C=O) groups is 1. The van der Waals surface area contributed by atoms with Crippen molar-refractivity contribution in [2.45, 2.75) is 19.3 Å². The van der Waals surface area contributed by atoms with Crippen LogP contribution >= 0.6 is 0 Å². The van der Waals surface area contributed by atoms with E-state index in [4.69, 9.17) is 0 Å². The van der Waals surface area contributed by atoms with Gasteiger partial charge < -0.3 is 4.79 Å². The molecule has 0 heterocycles. The van der Waals surface area contributed by atoms with E-state index in [1.54, 1.807) is 6.08 Å². The Hall–Kier alpha value is -0.850. The molecule has 1 heteroatoms. The van der Waals surface area contributed by atoms with Gasteiger partial charge in [0.05, 0.1) is 0 Å². The molecule has 0 radical (unpaired) electrons. The summed E-state index contributed by atoms with van der Waals surface area (Å²) in [4.78, 5) is 10.5. The van der Waals surface area contributed by atoms with Gasteiger partial charge in [-0.1, -0.05) is 31.2 Å². The van der Waals surface area contributed by atoms with Crippen molar-refractivity contribution in [1.29, 1.82) is 0 Å². The summed E-state index contributed by atoms with van der Waals surface area (Å²) in [6, 6.07) is 0. The average molecular weight is 150 g/mol. The van der Waals surface area contributed by atoms with E-state index in [2.05, 4.69) is 12.7 Å². The van der Waals surface area contributed by atoms with Gasteiger partial charge in [-0.15, -0.1) is 0 Å². The Morgan fingerprint density at radius 3 is 2.64 bits per heavy atom. The van der Waals surface area contributed by atoms with Crippen LogP contribution in [0.25, 0.3) is 0 Å². The third-order valence-electron chi connectivity index (χ3n) is 2.29. The molecule has 0 spiro atoms. The fourth-order valence-corrected chi connectivity index (χ4v) is 1.65. The maximum absolute atomic E-state index is 10.5. The maximum Gasteiger partial charge on any atom is 0.123 e. The first-order chi connectivity index (χ1) is 5.38. The minimum atomic E-state index is 0.270. The van der Waals surface area contributed by atoms with Crippen LogP contribution in [0.5, 0.6) is 0 Å². The lowest BCUT2D eigenvalue weighted by molar-refractivity contribution is -0.111. The predicted molar refractivity (Wildman–Crippen MR) is 46.2 cm³/mol. The van der Waals surface area contributed by atoms with E-state index in [0.717, 1.165) is 19.1 Å². The highest BCUT2D eigenvalue weighted by atomic mass is 16.1. The second-order valence-electron chi connectivity index (χ2n) is 3.02. The number of hydrogen-bond donors (Lipinski definition) is 0. The lowest BCUT2D eigenvalue weighted by atomic mass is 9.97. The summed E-state index contributed by atoms with van der Waals surface area (Å²) in [5.41, 5.74) is 0. The zero-order valence-corrected chi connectivity index (χ0v) is 6.70. The highest BCUT2D eigenvalue weighted by Gasteiger charge is 2.23. The van der Waals surface area contributed by atoms with Gasteiger partial charge in [0.15, 0.2) is 0 Å². The van der Waals surface area contributed by atoms with E-state index in [0.29, 0.717) is 5.92 Å². The summed E-state index contributed by atoms with van der Waals surface area (Å²) in [7, 11) is 0. The van der Waals surface area contributed by atoms with Crippen molar-refractivity contribution in [3.63, 3.8) is 0 Å². The van der Waals surface area contributed by atoms with Crippen LogP contribution in [0.3, 0.4) is 0 Å². The van der Waals surface area contributed by atoms with Crippen LogP contribution in [0.1, 0.15) is 19.3 Å². The largest absolute Gasteiger partial charge is 0.303 e. The standard InChI is InChI=1S/C10H14O/c1-2-3-5-9-6-4-7-10(9)8-11/h2-3,5,8-10H,1,4,6-7H2/b5-3-/t9-,10-/m1/s1. The van der Waals surface area contributed by atoms with Crippen LogP contribution in [0.4, 0.5) is 0 Å². The Morgan fingerprint density at radius 1 is 1.27 bits per heavy atom. The second kappa shape index (κ2) is 4.12. The molecule has 1 nitrogen and oxygen atoms in total. The van der Waals surface area contributed by atoms with Gasteiger partial charge in [0.2, 0.25) is 0 Å². The molecule has 1 saturated carbocycles. The summed E-state index contributed by atoms with van der Waals surface area (Å²) >= 11 is 0. The molecule has 1 rings (SSSR count). The molecular formula is C10H14O. The number of rotatable bonds is 3. The Kier molecular flexibility index (Phi) is 3.09. The van der Waals surface area contributed by atoms with Gasteiger partial charge in [0.1, 0.15) is 6.29 Å². The summed E-state index contributed by atoms with van der Waals surface area (Å²) in [5, 5.41) is 0. The topological polar surface area (TPSA) is 17.1 Å². The highest BCUT2D eigenvalue weighted by molar-refractivity contribution is 5.55. The Bertz CT molecular complexity index is 170. The molecule has 0 aromatic heterocycles. The van der Waals surface area contributed by atoms with E-state index in [-0.39, 0.29) is 5.92 Å². The third kappa shape index (κ3) is 2.04. The average Bonchev–Trinajstić information content (AvgIpc) is 2.47. The van der Waals surface area contributed by atoms with Gasteiger partial charge in [-0.25, -0.2) is 0 Å². The summed E-state index contributed by atoms with van der Waals surface area (Å²) in [6.45, 7) is 3.60. The maximum atomic E-state index is 10.5. The van der Waals surface area contributed by atoms with E-state index in [1.165, 1.54) is 6.42 Å². The Balaban J connectivity index is 2.49. The van der Waals surface area contributed by atoms with Gasteiger partial charge >= 0.3 is 0 Å². The minimum Gasteiger partial charge on any atom is -0.303 e. The van der Waals surface area contributed by atoms with E-state index >= 15 is 0 Å². The Morgan fingerprint density at radius 2 is 2.00 bits per heavy atom. The first kappa shape index (κ1) is 8.25. The fourth-order valence-electron chi connectivity index (χ4n) is 1.65. The van der Waals surface area contributed by atoms with Crippen molar-refractivity contribution in [2.24, 2.45) is 11.8 Å². The molecule has 1 fully saturated rings. The van der Waals surface area contributed by atoms with Crippen molar-refractivity contribution < 1.29 is 4.79 Å². The smallest absolute Gasteiger partial charge is 0.123 e. The molecule has 0 unspecified atom stereocenters. The molecule has 0 aliphatic heterocycles. The molecule has 0 aromatic rings. The SMILES string of the molecule is C=C/C=C\[C@@H]1CCC[C@@H]1C=O. The monoisotopic (exact) mass is 150 g/mol. The van der Waals surface area contributed by atoms with Crippen molar-refractivity contribution in [3.8, 4) is 0 Å². The van der Waals surface area contributed by atoms with Crippen LogP contribution in [0.2, 0.25) is 0 Å². The zero-order valence-electron chi connectivity index (χ0n) is 6.70. The van der Waals surface area contributed by atoms with Crippen LogP contribution in [-0.4, -0.2) is 6.29 Å². The van der Waals surface area contributed by atoms with Crippen LogP contribution < -0.4 is 0 Å². The summed E-state index contributed by atoms with van der Waals surface area (Å²) in [5.74, 6) is 0.747. The lowest BCUT2D eigenvalue weighted by Gasteiger charge is -2.06. The third-order valence-corrected chi connectivity index (χ3v) is 2.29. The van der Waals surface area contributed by atoms with Crippen LogP contribution in [-0.2, 0) is 4.79 Å². The number of allylic oxidation sites excluding steroid dienone is 3. The van der Waals surface area contributed by atoms with E-state index < -0.39 is 0 Å². The molecule has 2 atom stereocenters. The normalized spacial score (nSPS) is 30.9. The molecule has 1 aliphatic carbocycles.